The lowest BCUT2D eigenvalue weighted by molar-refractivity contribution is 0.139. The molecule has 0 amide bonds. The lowest BCUT2D eigenvalue weighted by atomic mass is 9.99. The van der Waals surface area contributed by atoms with E-state index in [1.807, 2.05) is 0 Å². The third-order valence-electron chi connectivity index (χ3n) is 4.61. The van der Waals surface area contributed by atoms with Crippen molar-refractivity contribution in [2.75, 3.05) is 19.6 Å². The molecular formula is C15H30N2. The van der Waals surface area contributed by atoms with Crippen molar-refractivity contribution in [3.8, 4) is 0 Å². The van der Waals surface area contributed by atoms with Gasteiger partial charge in [-0.05, 0) is 50.0 Å². The normalized spacial score (nSPS) is 23.8. The Balaban J connectivity index is 1.90. The molecule has 2 aliphatic carbocycles. The summed E-state index contributed by atoms with van der Waals surface area (Å²) < 4.78 is 0. The molecule has 2 fully saturated rings. The third-order valence-corrected chi connectivity index (χ3v) is 4.61. The summed E-state index contributed by atoms with van der Waals surface area (Å²) in [5, 5.41) is 0. The predicted octanol–water partition coefficient (Wildman–Crippen LogP) is 3.02. The van der Waals surface area contributed by atoms with Crippen molar-refractivity contribution in [2.24, 2.45) is 17.1 Å². The predicted molar refractivity (Wildman–Crippen MR) is 74.0 cm³/mol. The van der Waals surface area contributed by atoms with E-state index < -0.39 is 0 Å². The van der Waals surface area contributed by atoms with Crippen LogP contribution in [0.4, 0.5) is 0 Å². The minimum absolute atomic E-state index is 0.617. The molecule has 2 aliphatic rings. The van der Waals surface area contributed by atoms with Crippen molar-refractivity contribution in [1.29, 1.82) is 0 Å². The highest BCUT2D eigenvalue weighted by atomic mass is 15.2. The lowest BCUT2D eigenvalue weighted by Crippen LogP contribution is -2.40. The highest BCUT2D eigenvalue weighted by Crippen LogP contribution is 2.49. The molecule has 0 aromatic carbocycles. The molecule has 0 aliphatic heterocycles. The molecule has 2 nitrogen and oxygen atoms in total. The number of rotatable bonds is 7. The molecule has 0 aromatic rings. The fourth-order valence-corrected chi connectivity index (χ4v) is 3.48. The van der Waals surface area contributed by atoms with Gasteiger partial charge < -0.3 is 5.73 Å². The molecule has 2 saturated carbocycles. The number of hydrogen-bond donors (Lipinski definition) is 1. The van der Waals surface area contributed by atoms with E-state index in [2.05, 4.69) is 18.7 Å². The first-order valence-electron chi connectivity index (χ1n) is 7.59. The van der Waals surface area contributed by atoms with E-state index in [9.17, 15) is 0 Å². The highest BCUT2D eigenvalue weighted by molar-refractivity contribution is 4.97. The molecular weight excluding hydrogens is 208 g/mol. The fraction of sp³-hybridized carbons (Fsp3) is 1.00. The summed E-state index contributed by atoms with van der Waals surface area (Å²) in [5.74, 6) is 0.796. The summed E-state index contributed by atoms with van der Waals surface area (Å²) in [6.07, 6.45) is 9.86. The van der Waals surface area contributed by atoms with Gasteiger partial charge in [-0.15, -0.1) is 0 Å². The van der Waals surface area contributed by atoms with Gasteiger partial charge in [0, 0.05) is 19.1 Å². The Bertz CT molecular complexity index is 227. The second-order valence-corrected chi connectivity index (χ2v) is 6.80. The number of nitrogens with two attached hydrogens (primary N) is 1. The van der Waals surface area contributed by atoms with Gasteiger partial charge in [-0.1, -0.05) is 26.7 Å². The van der Waals surface area contributed by atoms with Crippen molar-refractivity contribution in [3.05, 3.63) is 0 Å². The zero-order valence-corrected chi connectivity index (χ0v) is 11.8. The molecule has 0 spiro atoms. The van der Waals surface area contributed by atoms with Gasteiger partial charge in [0.05, 0.1) is 0 Å². The second kappa shape index (κ2) is 5.71. The summed E-state index contributed by atoms with van der Waals surface area (Å²) in [7, 11) is 0. The zero-order chi connectivity index (χ0) is 12.3. The van der Waals surface area contributed by atoms with E-state index in [4.69, 9.17) is 5.73 Å². The molecule has 0 bridgehead atoms. The molecule has 2 heteroatoms. The minimum atomic E-state index is 0.617. The summed E-state index contributed by atoms with van der Waals surface area (Å²) in [5.41, 5.74) is 6.38. The first kappa shape index (κ1) is 13.4. The highest BCUT2D eigenvalue weighted by Gasteiger charge is 2.44. The molecule has 0 atom stereocenters. The molecule has 0 heterocycles. The summed E-state index contributed by atoms with van der Waals surface area (Å²) in [6, 6.07) is 0.882. The van der Waals surface area contributed by atoms with E-state index in [1.54, 1.807) is 0 Å². The van der Waals surface area contributed by atoms with Crippen LogP contribution in [0.1, 0.15) is 58.8 Å². The fourth-order valence-electron chi connectivity index (χ4n) is 3.48. The molecule has 100 valence electrons. The third kappa shape index (κ3) is 3.69. The monoisotopic (exact) mass is 238 g/mol. The van der Waals surface area contributed by atoms with Gasteiger partial charge in [0.2, 0.25) is 0 Å². The van der Waals surface area contributed by atoms with Crippen LogP contribution in [0.3, 0.4) is 0 Å². The number of hydrogen-bond acceptors (Lipinski definition) is 2. The molecule has 0 radical (unpaired) electrons. The van der Waals surface area contributed by atoms with Gasteiger partial charge in [-0.3, -0.25) is 4.90 Å². The van der Waals surface area contributed by atoms with E-state index >= 15 is 0 Å². The Kier molecular flexibility index (Phi) is 4.48. The largest absolute Gasteiger partial charge is 0.330 e. The van der Waals surface area contributed by atoms with E-state index in [0.29, 0.717) is 5.41 Å². The van der Waals surface area contributed by atoms with Crippen LogP contribution in [0, 0.1) is 11.3 Å². The van der Waals surface area contributed by atoms with Crippen LogP contribution in [0.2, 0.25) is 0 Å². The van der Waals surface area contributed by atoms with Gasteiger partial charge in [-0.25, -0.2) is 0 Å². The van der Waals surface area contributed by atoms with Gasteiger partial charge in [0.25, 0.3) is 0 Å². The first-order chi connectivity index (χ1) is 8.15. The maximum Gasteiger partial charge on any atom is 0.00956 e. The summed E-state index contributed by atoms with van der Waals surface area (Å²) in [6.45, 7) is 8.19. The SMILES string of the molecule is CC(C)CN(CC1(CCN)CC1)C1CCCC1. The lowest BCUT2D eigenvalue weighted by Gasteiger charge is -2.34. The molecule has 17 heavy (non-hydrogen) atoms. The molecule has 2 N–H and O–H groups in total. The Morgan fingerprint density at radius 2 is 1.88 bits per heavy atom. The van der Waals surface area contributed by atoms with E-state index in [1.165, 1.54) is 58.0 Å². The van der Waals surface area contributed by atoms with Gasteiger partial charge >= 0.3 is 0 Å². The van der Waals surface area contributed by atoms with E-state index in [0.717, 1.165) is 18.5 Å². The van der Waals surface area contributed by atoms with Crippen LogP contribution in [-0.2, 0) is 0 Å². The molecule has 0 unspecified atom stereocenters. The van der Waals surface area contributed by atoms with Crippen LogP contribution >= 0.6 is 0 Å². The van der Waals surface area contributed by atoms with Crippen LogP contribution in [-0.4, -0.2) is 30.6 Å². The Hall–Kier alpha value is -0.0800. The minimum Gasteiger partial charge on any atom is -0.330 e. The first-order valence-corrected chi connectivity index (χ1v) is 7.59. The maximum atomic E-state index is 5.77. The van der Waals surface area contributed by atoms with Crippen LogP contribution in [0.25, 0.3) is 0 Å². The second-order valence-electron chi connectivity index (χ2n) is 6.80. The van der Waals surface area contributed by atoms with Crippen LogP contribution in [0.15, 0.2) is 0 Å². The van der Waals surface area contributed by atoms with Crippen LogP contribution in [0.5, 0.6) is 0 Å². The van der Waals surface area contributed by atoms with Crippen molar-refractivity contribution < 1.29 is 0 Å². The topological polar surface area (TPSA) is 29.3 Å². The smallest absolute Gasteiger partial charge is 0.00956 e. The van der Waals surface area contributed by atoms with Gasteiger partial charge in [0.1, 0.15) is 0 Å². The Labute approximate surface area is 107 Å². The molecule has 2 rings (SSSR count). The molecule has 0 saturated heterocycles. The Morgan fingerprint density at radius 3 is 2.35 bits per heavy atom. The average molecular weight is 238 g/mol. The maximum absolute atomic E-state index is 5.77. The van der Waals surface area contributed by atoms with Crippen molar-refractivity contribution in [1.82, 2.24) is 4.90 Å². The standard InChI is InChI=1S/C15H30N2/c1-13(2)11-17(14-5-3-4-6-14)12-15(7-8-15)9-10-16/h13-14H,3-12,16H2,1-2H3. The van der Waals surface area contributed by atoms with Crippen molar-refractivity contribution in [3.63, 3.8) is 0 Å². The van der Waals surface area contributed by atoms with Crippen LogP contribution < -0.4 is 5.73 Å². The van der Waals surface area contributed by atoms with Gasteiger partial charge in [-0.2, -0.15) is 0 Å². The zero-order valence-electron chi connectivity index (χ0n) is 11.8. The van der Waals surface area contributed by atoms with Gasteiger partial charge in [0.15, 0.2) is 0 Å². The summed E-state index contributed by atoms with van der Waals surface area (Å²) >= 11 is 0. The average Bonchev–Trinajstić information content (AvgIpc) is 2.82. The quantitative estimate of drug-likeness (QED) is 0.739. The summed E-state index contributed by atoms with van der Waals surface area (Å²) in [4.78, 5) is 2.81. The van der Waals surface area contributed by atoms with E-state index in [-0.39, 0.29) is 0 Å². The molecule has 0 aromatic heterocycles. The Morgan fingerprint density at radius 1 is 1.24 bits per heavy atom. The number of nitrogens with zero attached hydrogens (tertiary/aromatic N) is 1. The van der Waals surface area contributed by atoms with Crippen molar-refractivity contribution >= 4 is 0 Å². The van der Waals surface area contributed by atoms with Crippen molar-refractivity contribution in [2.45, 2.75) is 64.8 Å².